The Morgan fingerprint density at radius 1 is 1.24 bits per heavy atom. The highest BCUT2D eigenvalue weighted by molar-refractivity contribution is 9.10. The highest BCUT2D eigenvalue weighted by Crippen LogP contribution is 2.24. The fraction of sp³-hybridized carbons (Fsp3) is 0.647. The second-order valence-corrected chi connectivity index (χ2v) is 6.29. The van der Waals surface area contributed by atoms with Gasteiger partial charge in [0, 0.05) is 17.6 Å². The van der Waals surface area contributed by atoms with Gasteiger partial charge in [0.15, 0.2) is 0 Å². The Hall–Kier alpha value is -0.580. The van der Waals surface area contributed by atoms with Gasteiger partial charge in [-0.3, -0.25) is 0 Å². The highest BCUT2D eigenvalue weighted by Gasteiger charge is 2.13. The van der Waals surface area contributed by atoms with E-state index in [0.29, 0.717) is 12.1 Å². The maximum atomic E-state index is 5.36. The van der Waals surface area contributed by atoms with Crippen LogP contribution in [0.3, 0.4) is 0 Å². The van der Waals surface area contributed by atoms with Gasteiger partial charge in [0.1, 0.15) is 5.75 Å². The van der Waals surface area contributed by atoms with Crippen LogP contribution in [0.2, 0.25) is 0 Å². The van der Waals surface area contributed by atoms with Crippen molar-refractivity contribution in [2.45, 2.75) is 51.7 Å². The summed E-state index contributed by atoms with van der Waals surface area (Å²) >= 11 is 3.64. The van der Waals surface area contributed by atoms with Crippen molar-refractivity contribution in [3.8, 4) is 5.75 Å². The van der Waals surface area contributed by atoms with E-state index in [4.69, 9.17) is 9.47 Å². The normalized spacial score (nSPS) is 14.0. The van der Waals surface area contributed by atoms with Crippen molar-refractivity contribution in [3.63, 3.8) is 0 Å². The van der Waals surface area contributed by atoms with Crippen molar-refractivity contribution >= 4 is 15.9 Å². The van der Waals surface area contributed by atoms with E-state index in [0.717, 1.165) is 42.5 Å². The van der Waals surface area contributed by atoms with Gasteiger partial charge >= 0.3 is 0 Å². The van der Waals surface area contributed by atoms with Crippen LogP contribution in [-0.2, 0) is 11.2 Å². The maximum absolute atomic E-state index is 5.36. The molecule has 4 heteroatoms. The minimum absolute atomic E-state index is 0.310. The second kappa shape index (κ2) is 10.2. The van der Waals surface area contributed by atoms with E-state index in [1.165, 1.54) is 5.56 Å². The summed E-state index contributed by atoms with van der Waals surface area (Å²) in [7, 11) is 3.48. The average molecular weight is 358 g/mol. The Bertz CT molecular complexity index is 412. The molecule has 0 saturated heterocycles. The fourth-order valence-corrected chi connectivity index (χ4v) is 2.69. The van der Waals surface area contributed by atoms with E-state index < -0.39 is 0 Å². The van der Waals surface area contributed by atoms with Gasteiger partial charge in [-0.25, -0.2) is 0 Å². The van der Waals surface area contributed by atoms with Crippen LogP contribution in [0.5, 0.6) is 5.75 Å². The molecule has 3 nitrogen and oxygen atoms in total. The van der Waals surface area contributed by atoms with Crippen molar-refractivity contribution in [3.05, 3.63) is 28.2 Å². The zero-order chi connectivity index (χ0) is 15.7. The van der Waals surface area contributed by atoms with Crippen LogP contribution in [0.15, 0.2) is 22.7 Å². The van der Waals surface area contributed by atoms with Crippen LogP contribution in [0.4, 0.5) is 0 Å². The quantitative estimate of drug-likeness (QED) is 0.681. The van der Waals surface area contributed by atoms with Gasteiger partial charge in [0.05, 0.1) is 13.2 Å². The van der Waals surface area contributed by atoms with Crippen LogP contribution in [-0.4, -0.2) is 32.9 Å². The van der Waals surface area contributed by atoms with Crippen LogP contribution < -0.4 is 10.1 Å². The minimum Gasteiger partial charge on any atom is -0.497 e. The lowest BCUT2D eigenvalue weighted by Gasteiger charge is -2.21. The molecular weight excluding hydrogens is 330 g/mol. The molecule has 0 aromatic heterocycles. The van der Waals surface area contributed by atoms with Gasteiger partial charge in [-0.1, -0.05) is 22.9 Å². The maximum Gasteiger partial charge on any atom is 0.119 e. The van der Waals surface area contributed by atoms with Crippen LogP contribution >= 0.6 is 15.9 Å². The van der Waals surface area contributed by atoms with Crippen molar-refractivity contribution in [1.82, 2.24) is 5.32 Å². The van der Waals surface area contributed by atoms with Gasteiger partial charge in [0.25, 0.3) is 0 Å². The Morgan fingerprint density at radius 2 is 2.00 bits per heavy atom. The van der Waals surface area contributed by atoms with E-state index >= 15 is 0 Å². The van der Waals surface area contributed by atoms with Crippen LogP contribution in [0.25, 0.3) is 0 Å². The summed E-state index contributed by atoms with van der Waals surface area (Å²) in [6.45, 7) is 5.37. The first kappa shape index (κ1) is 18.5. The molecule has 2 unspecified atom stereocenters. The number of hydrogen-bond acceptors (Lipinski definition) is 3. The molecule has 0 fully saturated rings. The number of benzene rings is 1. The molecule has 0 heterocycles. The summed E-state index contributed by atoms with van der Waals surface area (Å²) in [6, 6.07) is 6.62. The third-order valence-corrected chi connectivity index (χ3v) is 4.50. The Labute approximate surface area is 137 Å². The lowest BCUT2D eigenvalue weighted by Crippen LogP contribution is -2.32. The third-order valence-electron chi connectivity index (χ3n) is 3.73. The molecule has 1 rings (SSSR count). The first-order valence-corrected chi connectivity index (χ1v) is 8.48. The first-order chi connectivity index (χ1) is 10.1. The van der Waals surface area contributed by atoms with E-state index in [2.05, 4.69) is 47.2 Å². The van der Waals surface area contributed by atoms with Gasteiger partial charge in [0.2, 0.25) is 0 Å². The summed E-state index contributed by atoms with van der Waals surface area (Å²) < 4.78 is 11.8. The molecule has 1 aromatic rings. The van der Waals surface area contributed by atoms with Gasteiger partial charge in [-0.05, 0) is 62.9 Å². The molecule has 2 atom stereocenters. The predicted molar refractivity (Wildman–Crippen MR) is 92.2 cm³/mol. The van der Waals surface area contributed by atoms with Gasteiger partial charge in [-0.2, -0.15) is 0 Å². The molecule has 0 bridgehead atoms. The zero-order valence-electron chi connectivity index (χ0n) is 13.6. The molecular formula is C17H28BrNO2. The average Bonchev–Trinajstić information content (AvgIpc) is 2.51. The molecule has 0 spiro atoms. The van der Waals surface area contributed by atoms with Crippen molar-refractivity contribution in [1.29, 1.82) is 0 Å². The number of methoxy groups -OCH3 is 2. The van der Waals surface area contributed by atoms with E-state index in [9.17, 15) is 0 Å². The second-order valence-electron chi connectivity index (χ2n) is 5.44. The van der Waals surface area contributed by atoms with E-state index in [-0.39, 0.29) is 0 Å². The molecule has 1 aromatic carbocycles. The molecule has 0 aliphatic heterocycles. The fourth-order valence-electron chi connectivity index (χ4n) is 2.28. The summed E-state index contributed by atoms with van der Waals surface area (Å²) in [5, 5.41) is 3.64. The Morgan fingerprint density at radius 3 is 2.62 bits per heavy atom. The summed E-state index contributed by atoms with van der Waals surface area (Å²) in [6.07, 6.45) is 4.63. The van der Waals surface area contributed by atoms with Gasteiger partial charge < -0.3 is 14.8 Å². The molecule has 0 radical (unpaired) electrons. The smallest absolute Gasteiger partial charge is 0.119 e. The SMILES string of the molecule is CCCNC(CCC(C)OC)Cc1cc(OC)ccc1Br. The number of hydrogen-bond donors (Lipinski definition) is 1. The minimum atomic E-state index is 0.310. The number of nitrogens with one attached hydrogen (secondary N) is 1. The highest BCUT2D eigenvalue weighted by atomic mass is 79.9. The molecule has 0 amide bonds. The molecule has 0 aliphatic carbocycles. The summed E-state index contributed by atoms with van der Waals surface area (Å²) in [5.74, 6) is 0.910. The lowest BCUT2D eigenvalue weighted by molar-refractivity contribution is 0.106. The summed E-state index contributed by atoms with van der Waals surface area (Å²) in [4.78, 5) is 0. The third kappa shape index (κ3) is 6.81. The molecule has 21 heavy (non-hydrogen) atoms. The van der Waals surface area contributed by atoms with Crippen molar-refractivity contribution in [2.24, 2.45) is 0 Å². The molecule has 120 valence electrons. The molecule has 0 aliphatic rings. The lowest BCUT2D eigenvalue weighted by atomic mass is 10.00. The van der Waals surface area contributed by atoms with E-state index in [1.54, 1.807) is 14.2 Å². The zero-order valence-corrected chi connectivity index (χ0v) is 15.2. The van der Waals surface area contributed by atoms with Crippen molar-refractivity contribution in [2.75, 3.05) is 20.8 Å². The Balaban J connectivity index is 2.70. The monoisotopic (exact) mass is 357 g/mol. The van der Waals surface area contributed by atoms with Crippen LogP contribution in [0.1, 0.15) is 38.7 Å². The largest absolute Gasteiger partial charge is 0.497 e. The predicted octanol–water partition coefficient (Wildman–Crippen LogP) is 4.18. The van der Waals surface area contributed by atoms with Crippen LogP contribution in [0, 0.1) is 0 Å². The Kier molecular flexibility index (Phi) is 8.97. The first-order valence-electron chi connectivity index (χ1n) is 7.69. The number of rotatable bonds is 10. The number of ether oxygens (including phenoxy) is 2. The van der Waals surface area contributed by atoms with Crippen molar-refractivity contribution < 1.29 is 9.47 Å². The summed E-state index contributed by atoms with van der Waals surface area (Å²) in [5.41, 5.74) is 1.29. The molecule has 0 saturated carbocycles. The van der Waals surface area contributed by atoms with Gasteiger partial charge in [-0.15, -0.1) is 0 Å². The number of halogens is 1. The molecule has 1 N–H and O–H groups in total. The standard InChI is InChI=1S/C17H28BrNO2/c1-5-10-19-15(7-6-13(2)20-3)11-14-12-16(21-4)8-9-17(14)18/h8-9,12-13,15,19H,5-7,10-11H2,1-4H3. The van der Waals surface area contributed by atoms with E-state index in [1.807, 2.05) is 6.07 Å². The topological polar surface area (TPSA) is 30.5 Å².